The highest BCUT2D eigenvalue weighted by Crippen LogP contribution is 2.48. The molecular weight excluding hydrogens is 595 g/mol. The SMILES string of the molecule is CCOP(=O)(C[C@@H](O)CNCC1CNc2c1nc(O)[nH]c2=O)OCCCCCCCCCCCCCCCCCCCCCO. The van der Waals surface area contributed by atoms with E-state index in [0.29, 0.717) is 37.7 Å². The molecule has 1 aliphatic heterocycles. The minimum absolute atomic E-state index is 0.0845. The van der Waals surface area contributed by atoms with E-state index in [1.54, 1.807) is 6.92 Å². The minimum Gasteiger partial charge on any atom is -0.480 e. The third-order valence-corrected chi connectivity index (χ3v) is 10.6. The molecule has 6 N–H and O–H groups in total. The van der Waals surface area contributed by atoms with Crippen LogP contribution in [0.5, 0.6) is 6.01 Å². The summed E-state index contributed by atoms with van der Waals surface area (Å²) in [6.07, 6.45) is 22.8. The molecule has 1 aromatic rings. The zero-order valence-electron chi connectivity index (χ0n) is 27.9. The Morgan fingerprint density at radius 1 is 0.867 bits per heavy atom. The molecule has 12 heteroatoms. The highest BCUT2D eigenvalue weighted by molar-refractivity contribution is 7.53. The maximum Gasteiger partial charge on any atom is 0.333 e. The van der Waals surface area contributed by atoms with Crippen molar-refractivity contribution in [2.45, 2.75) is 141 Å². The van der Waals surface area contributed by atoms with E-state index in [2.05, 4.69) is 20.6 Å². The first-order valence-corrected chi connectivity index (χ1v) is 19.6. The molecule has 262 valence electrons. The fourth-order valence-corrected chi connectivity index (χ4v) is 7.68. The summed E-state index contributed by atoms with van der Waals surface area (Å²) in [7, 11) is -3.40. The maximum atomic E-state index is 13.2. The van der Waals surface area contributed by atoms with Crippen LogP contribution in [0.4, 0.5) is 5.69 Å². The number of nitrogens with zero attached hydrogens (tertiary/aromatic N) is 1. The first-order valence-electron chi connectivity index (χ1n) is 17.8. The second kappa shape index (κ2) is 24.7. The molecule has 45 heavy (non-hydrogen) atoms. The zero-order valence-corrected chi connectivity index (χ0v) is 28.8. The number of fused-ring (bicyclic) bond motifs is 1. The standard InChI is InChI=1S/C33H63N4O7P/c1-2-43-45(42,27-29(39)26-34-24-28-25-35-31-30(28)36-33(41)37-32(31)40)44-23-21-19-17-15-13-11-9-7-5-3-4-6-8-10-12-14-16-18-20-22-38/h28-29,34-35,38-39H,2-27H2,1H3,(H2,36,37,40,41)/t28?,29-,45?/m0/s1. The molecule has 0 amide bonds. The normalized spacial score (nSPS) is 16.4. The monoisotopic (exact) mass is 658 g/mol. The summed E-state index contributed by atoms with van der Waals surface area (Å²) in [5.41, 5.74) is 0.438. The predicted octanol–water partition coefficient (Wildman–Crippen LogP) is 6.59. The van der Waals surface area contributed by atoms with Gasteiger partial charge in [0.15, 0.2) is 0 Å². The van der Waals surface area contributed by atoms with E-state index >= 15 is 0 Å². The molecule has 1 aliphatic rings. The topological polar surface area (TPSA) is 166 Å². The number of aliphatic hydroxyl groups is 2. The van der Waals surface area contributed by atoms with E-state index in [4.69, 9.17) is 14.2 Å². The molecule has 2 rings (SSSR count). The maximum absolute atomic E-state index is 13.2. The Balaban J connectivity index is 1.42. The molecule has 3 atom stereocenters. The summed E-state index contributed by atoms with van der Waals surface area (Å²) in [4.78, 5) is 18.2. The van der Waals surface area contributed by atoms with Crippen LogP contribution in [-0.2, 0) is 13.6 Å². The average Bonchev–Trinajstić information content (AvgIpc) is 3.41. The van der Waals surface area contributed by atoms with Gasteiger partial charge in [0.05, 0.1) is 31.2 Å². The number of aromatic hydroxyl groups is 1. The second-order valence-electron chi connectivity index (χ2n) is 12.5. The van der Waals surface area contributed by atoms with Crippen molar-refractivity contribution in [3.63, 3.8) is 0 Å². The average molecular weight is 659 g/mol. The van der Waals surface area contributed by atoms with Gasteiger partial charge in [-0.1, -0.05) is 109 Å². The van der Waals surface area contributed by atoms with Crippen LogP contribution < -0.4 is 16.2 Å². The smallest absolute Gasteiger partial charge is 0.333 e. The van der Waals surface area contributed by atoms with E-state index in [1.165, 1.54) is 96.3 Å². The quantitative estimate of drug-likeness (QED) is 0.0392. The number of H-pyrrole nitrogens is 1. The molecule has 0 spiro atoms. The van der Waals surface area contributed by atoms with Crippen LogP contribution in [0.1, 0.15) is 141 Å². The number of aromatic nitrogens is 2. The van der Waals surface area contributed by atoms with Gasteiger partial charge < -0.3 is 35.0 Å². The van der Waals surface area contributed by atoms with Crippen LogP contribution in [0.15, 0.2) is 4.79 Å². The van der Waals surface area contributed by atoms with Gasteiger partial charge in [-0.25, -0.2) is 0 Å². The van der Waals surface area contributed by atoms with Gasteiger partial charge in [-0.15, -0.1) is 0 Å². The molecule has 11 nitrogen and oxygen atoms in total. The largest absolute Gasteiger partial charge is 0.480 e. The van der Waals surface area contributed by atoms with Gasteiger partial charge >= 0.3 is 7.60 Å². The van der Waals surface area contributed by atoms with Crippen LogP contribution in [-0.4, -0.2) is 77.0 Å². The molecule has 0 aromatic carbocycles. The number of aromatic amines is 1. The van der Waals surface area contributed by atoms with E-state index in [1.807, 2.05) is 0 Å². The first-order chi connectivity index (χ1) is 21.9. The first kappa shape index (κ1) is 39.7. The van der Waals surface area contributed by atoms with E-state index in [-0.39, 0.29) is 25.2 Å². The Bertz CT molecular complexity index is 996. The molecule has 0 saturated carbocycles. The Morgan fingerprint density at radius 2 is 1.38 bits per heavy atom. The number of rotatable bonds is 30. The van der Waals surface area contributed by atoms with Gasteiger partial charge in [0.2, 0.25) is 0 Å². The van der Waals surface area contributed by atoms with E-state index < -0.39 is 25.3 Å². The van der Waals surface area contributed by atoms with Gasteiger partial charge in [-0.3, -0.25) is 14.3 Å². The van der Waals surface area contributed by atoms with Crippen molar-refractivity contribution in [2.75, 3.05) is 50.9 Å². The van der Waals surface area contributed by atoms with Gasteiger partial charge in [0.1, 0.15) is 5.69 Å². The second-order valence-corrected chi connectivity index (χ2v) is 14.6. The molecule has 0 aliphatic carbocycles. The summed E-state index contributed by atoms with van der Waals surface area (Å²) in [6, 6.07) is -0.418. The molecule has 1 aromatic heterocycles. The van der Waals surface area contributed by atoms with Crippen molar-refractivity contribution in [1.29, 1.82) is 0 Å². The number of aliphatic hydroxyl groups excluding tert-OH is 2. The van der Waals surface area contributed by atoms with Crippen molar-refractivity contribution in [3.8, 4) is 6.01 Å². The summed E-state index contributed by atoms with van der Waals surface area (Å²) >= 11 is 0. The van der Waals surface area contributed by atoms with Crippen molar-refractivity contribution in [2.24, 2.45) is 0 Å². The molecule has 0 saturated heterocycles. The van der Waals surface area contributed by atoms with Crippen LogP contribution in [0.25, 0.3) is 0 Å². The lowest BCUT2D eigenvalue weighted by atomic mass is 10.0. The lowest BCUT2D eigenvalue weighted by Crippen LogP contribution is -2.33. The van der Waals surface area contributed by atoms with Crippen LogP contribution in [0, 0.1) is 0 Å². The number of unbranched alkanes of at least 4 members (excludes halogenated alkanes) is 18. The third-order valence-electron chi connectivity index (χ3n) is 8.47. The predicted molar refractivity (Wildman–Crippen MR) is 181 cm³/mol. The lowest BCUT2D eigenvalue weighted by Gasteiger charge is -2.21. The highest BCUT2D eigenvalue weighted by Gasteiger charge is 2.30. The fourth-order valence-electron chi connectivity index (χ4n) is 5.94. The lowest BCUT2D eigenvalue weighted by molar-refractivity contribution is 0.162. The van der Waals surface area contributed by atoms with Gasteiger partial charge in [-0.05, 0) is 19.8 Å². The summed E-state index contributed by atoms with van der Waals surface area (Å²) < 4.78 is 24.3. The minimum atomic E-state index is -3.40. The number of hydrogen-bond acceptors (Lipinski definition) is 10. The molecule has 0 radical (unpaired) electrons. The molecule has 2 heterocycles. The molecule has 0 fully saturated rings. The van der Waals surface area contributed by atoms with Crippen molar-refractivity contribution in [1.82, 2.24) is 15.3 Å². The van der Waals surface area contributed by atoms with E-state index in [9.17, 15) is 19.6 Å². The van der Waals surface area contributed by atoms with Crippen LogP contribution in [0.3, 0.4) is 0 Å². The van der Waals surface area contributed by atoms with Gasteiger partial charge in [0, 0.05) is 32.2 Å². The Hall–Kier alpha value is -1.49. The summed E-state index contributed by atoms with van der Waals surface area (Å²) in [5, 5.41) is 35.1. The summed E-state index contributed by atoms with van der Waals surface area (Å²) in [6.45, 7) is 3.82. The van der Waals surface area contributed by atoms with Crippen LogP contribution >= 0.6 is 7.60 Å². The van der Waals surface area contributed by atoms with Crippen molar-refractivity contribution < 1.29 is 28.9 Å². The third kappa shape index (κ3) is 17.9. The Labute approximate surface area is 271 Å². The van der Waals surface area contributed by atoms with Crippen molar-refractivity contribution >= 4 is 13.3 Å². The van der Waals surface area contributed by atoms with E-state index in [0.717, 1.165) is 25.7 Å². The number of nitrogens with one attached hydrogen (secondary N) is 3. The van der Waals surface area contributed by atoms with Crippen LogP contribution in [0.2, 0.25) is 0 Å². The number of anilines is 1. The Kier molecular flexibility index (Phi) is 21.7. The number of hydrogen-bond donors (Lipinski definition) is 6. The van der Waals surface area contributed by atoms with Crippen molar-refractivity contribution in [3.05, 3.63) is 16.0 Å². The van der Waals surface area contributed by atoms with Gasteiger partial charge in [-0.2, -0.15) is 4.98 Å². The molecular formula is C33H63N4O7P. The van der Waals surface area contributed by atoms with Gasteiger partial charge in [0.25, 0.3) is 11.6 Å². The zero-order chi connectivity index (χ0) is 32.6. The molecule has 2 unspecified atom stereocenters. The summed E-state index contributed by atoms with van der Waals surface area (Å²) in [5.74, 6) is -0.134. The Morgan fingerprint density at radius 3 is 1.89 bits per heavy atom. The highest BCUT2D eigenvalue weighted by atomic mass is 31.2. The fraction of sp³-hybridized carbons (Fsp3) is 0.879. The molecule has 0 bridgehead atoms.